The lowest BCUT2D eigenvalue weighted by Crippen LogP contribution is -2.32. The lowest BCUT2D eigenvalue weighted by atomic mass is 10.1. The quantitative estimate of drug-likeness (QED) is 0.815. The van der Waals surface area contributed by atoms with E-state index in [1.165, 1.54) is 0 Å². The molecule has 1 unspecified atom stereocenters. The summed E-state index contributed by atoms with van der Waals surface area (Å²) in [5.74, 6) is 1.40. The molecule has 2 heterocycles. The molecule has 4 rings (SSSR count). The van der Waals surface area contributed by atoms with Crippen LogP contribution in [0.15, 0.2) is 34.2 Å². The van der Waals surface area contributed by atoms with Gasteiger partial charge in [-0.15, -0.1) is 0 Å². The van der Waals surface area contributed by atoms with E-state index in [-0.39, 0.29) is 23.9 Å². The van der Waals surface area contributed by atoms with Crippen LogP contribution in [0.25, 0.3) is 0 Å². The molecule has 26 heavy (non-hydrogen) atoms. The van der Waals surface area contributed by atoms with Gasteiger partial charge in [0.2, 0.25) is 5.91 Å². The van der Waals surface area contributed by atoms with Gasteiger partial charge in [-0.25, -0.2) is 4.98 Å². The normalized spacial score (nSPS) is 17.7. The number of carbonyl (C=O) groups is 1. The number of hydrogen-bond acceptors (Lipinski definition) is 5. The van der Waals surface area contributed by atoms with E-state index in [4.69, 9.17) is 4.74 Å². The summed E-state index contributed by atoms with van der Waals surface area (Å²) in [5.41, 5.74) is 2.78. The van der Waals surface area contributed by atoms with Crippen LogP contribution in [-0.4, -0.2) is 28.3 Å². The third-order valence-corrected chi connectivity index (χ3v) is 6.06. The summed E-state index contributed by atoms with van der Waals surface area (Å²) < 4.78 is 7.04. The van der Waals surface area contributed by atoms with Crippen molar-refractivity contribution in [2.75, 3.05) is 12.9 Å². The fraction of sp³-hybridized carbons (Fsp3) is 0.421. The molecule has 0 saturated heterocycles. The van der Waals surface area contributed by atoms with Gasteiger partial charge in [0.05, 0.1) is 18.8 Å². The minimum atomic E-state index is -0.126. The summed E-state index contributed by atoms with van der Waals surface area (Å²) in [6.07, 6.45) is 2.98. The first-order valence-electron chi connectivity index (χ1n) is 8.83. The monoisotopic (exact) mass is 371 g/mol. The van der Waals surface area contributed by atoms with Crippen LogP contribution in [0.3, 0.4) is 0 Å². The SMILES string of the molecule is COc1ccccc1CNC(=O)CC1CSc2nc3c(c(=O)n21)CCC3. The van der Waals surface area contributed by atoms with Crippen molar-refractivity contribution in [1.29, 1.82) is 0 Å². The van der Waals surface area contributed by atoms with E-state index in [1.54, 1.807) is 23.4 Å². The number of fused-ring (bicyclic) bond motifs is 2. The molecule has 0 spiro atoms. The fourth-order valence-corrected chi connectivity index (χ4v) is 4.79. The van der Waals surface area contributed by atoms with Gasteiger partial charge >= 0.3 is 0 Å². The van der Waals surface area contributed by atoms with Gasteiger partial charge in [0, 0.05) is 29.8 Å². The standard InChI is InChI=1S/C19H21N3O3S/c1-25-16-8-3-2-5-12(16)10-20-17(23)9-13-11-26-19-21-15-7-4-6-14(15)18(24)22(13)19/h2-3,5,8,13H,4,6-7,9-11H2,1H3,(H,20,23). The number of benzene rings is 1. The molecule has 0 radical (unpaired) electrons. The first kappa shape index (κ1) is 17.1. The molecule has 0 fully saturated rings. The average Bonchev–Trinajstić information content (AvgIpc) is 3.28. The van der Waals surface area contributed by atoms with Crippen LogP contribution in [0.4, 0.5) is 0 Å². The summed E-state index contributed by atoms with van der Waals surface area (Å²) in [6, 6.07) is 7.49. The first-order chi connectivity index (χ1) is 12.7. The summed E-state index contributed by atoms with van der Waals surface area (Å²) in [7, 11) is 1.62. The minimum Gasteiger partial charge on any atom is -0.496 e. The Morgan fingerprint density at radius 3 is 3.08 bits per heavy atom. The molecule has 1 amide bonds. The van der Waals surface area contributed by atoms with Crippen molar-refractivity contribution in [3.05, 3.63) is 51.4 Å². The number of methoxy groups -OCH3 is 1. The molecular weight excluding hydrogens is 350 g/mol. The summed E-state index contributed by atoms with van der Waals surface area (Å²) in [5, 5.41) is 3.70. The first-order valence-corrected chi connectivity index (χ1v) is 9.81. The van der Waals surface area contributed by atoms with E-state index in [0.29, 0.717) is 12.3 Å². The number of carbonyl (C=O) groups excluding carboxylic acids is 1. The molecule has 1 aromatic carbocycles. The van der Waals surface area contributed by atoms with Gasteiger partial charge in [-0.05, 0) is 25.3 Å². The second kappa shape index (κ2) is 7.15. The molecule has 1 aromatic heterocycles. The second-order valence-electron chi connectivity index (χ2n) is 6.61. The number of aryl methyl sites for hydroxylation is 1. The van der Waals surface area contributed by atoms with Crippen LogP contribution in [-0.2, 0) is 24.2 Å². The Hall–Kier alpha value is -2.28. The van der Waals surface area contributed by atoms with Crippen LogP contribution >= 0.6 is 11.8 Å². The average molecular weight is 371 g/mol. The Kier molecular flexibility index (Phi) is 4.72. The van der Waals surface area contributed by atoms with Crippen molar-refractivity contribution in [3.63, 3.8) is 0 Å². The highest BCUT2D eigenvalue weighted by Gasteiger charge is 2.31. The Balaban J connectivity index is 1.45. The van der Waals surface area contributed by atoms with Crippen LogP contribution in [0.5, 0.6) is 5.75 Å². The maximum absolute atomic E-state index is 12.8. The fourth-order valence-electron chi connectivity index (χ4n) is 3.63. The lowest BCUT2D eigenvalue weighted by molar-refractivity contribution is -0.121. The van der Waals surface area contributed by atoms with E-state index < -0.39 is 0 Å². The van der Waals surface area contributed by atoms with E-state index >= 15 is 0 Å². The zero-order valence-electron chi connectivity index (χ0n) is 14.7. The topological polar surface area (TPSA) is 73.2 Å². The van der Waals surface area contributed by atoms with Gasteiger partial charge in [0.1, 0.15) is 5.75 Å². The van der Waals surface area contributed by atoms with Crippen LogP contribution in [0, 0.1) is 0 Å². The van der Waals surface area contributed by atoms with Gasteiger partial charge in [-0.2, -0.15) is 0 Å². The van der Waals surface area contributed by atoms with Crippen LogP contribution < -0.4 is 15.6 Å². The maximum atomic E-state index is 12.8. The number of rotatable bonds is 5. The Morgan fingerprint density at radius 1 is 1.38 bits per heavy atom. The van der Waals surface area contributed by atoms with Gasteiger partial charge < -0.3 is 10.1 Å². The second-order valence-corrected chi connectivity index (χ2v) is 7.59. The van der Waals surface area contributed by atoms with Gasteiger partial charge in [0.15, 0.2) is 5.16 Å². The third kappa shape index (κ3) is 3.11. The number of hydrogen-bond donors (Lipinski definition) is 1. The highest BCUT2D eigenvalue weighted by atomic mass is 32.2. The molecule has 6 nitrogen and oxygen atoms in total. The molecule has 1 aliphatic carbocycles. The molecule has 1 N–H and O–H groups in total. The van der Waals surface area contributed by atoms with E-state index in [2.05, 4.69) is 10.3 Å². The number of nitrogens with zero attached hydrogens (tertiary/aromatic N) is 2. The number of aromatic nitrogens is 2. The Bertz CT molecular complexity index is 909. The summed E-state index contributed by atoms with van der Waals surface area (Å²) in [6.45, 7) is 0.410. The van der Waals surface area contributed by atoms with Crippen LogP contribution in [0.2, 0.25) is 0 Å². The highest BCUT2D eigenvalue weighted by Crippen LogP contribution is 2.33. The minimum absolute atomic E-state index is 0.0510. The van der Waals surface area contributed by atoms with Gasteiger partial charge in [-0.3, -0.25) is 14.2 Å². The summed E-state index contributed by atoms with van der Waals surface area (Å²) in [4.78, 5) is 29.8. The molecule has 1 atom stereocenters. The molecule has 2 aliphatic rings. The van der Waals surface area contributed by atoms with Crippen molar-refractivity contribution in [1.82, 2.24) is 14.9 Å². The predicted molar refractivity (Wildman–Crippen MR) is 99.7 cm³/mol. The Labute approximate surface area is 156 Å². The molecule has 7 heteroatoms. The van der Waals surface area contributed by atoms with E-state index in [9.17, 15) is 9.59 Å². The molecule has 0 bridgehead atoms. The van der Waals surface area contributed by atoms with Crippen LogP contribution in [0.1, 0.15) is 35.7 Å². The lowest BCUT2D eigenvalue weighted by Gasteiger charge is -2.15. The van der Waals surface area contributed by atoms with E-state index in [1.807, 2.05) is 24.3 Å². The molecule has 136 valence electrons. The van der Waals surface area contributed by atoms with Crippen molar-refractivity contribution in [2.24, 2.45) is 0 Å². The highest BCUT2D eigenvalue weighted by molar-refractivity contribution is 7.99. The Morgan fingerprint density at radius 2 is 2.23 bits per heavy atom. The van der Waals surface area contributed by atoms with Crippen molar-refractivity contribution < 1.29 is 9.53 Å². The van der Waals surface area contributed by atoms with E-state index in [0.717, 1.165) is 47.0 Å². The number of ether oxygens (including phenoxy) is 1. The molecular formula is C19H21N3O3S. The molecule has 0 saturated carbocycles. The zero-order chi connectivity index (χ0) is 18.1. The third-order valence-electron chi connectivity index (χ3n) is 4.96. The molecule has 1 aliphatic heterocycles. The van der Waals surface area contributed by atoms with Gasteiger partial charge in [-0.1, -0.05) is 30.0 Å². The maximum Gasteiger partial charge on any atom is 0.257 e. The number of para-hydroxylation sites is 1. The molecule has 2 aromatic rings. The van der Waals surface area contributed by atoms with Gasteiger partial charge in [0.25, 0.3) is 5.56 Å². The largest absolute Gasteiger partial charge is 0.496 e. The number of amides is 1. The number of thioether (sulfide) groups is 1. The summed E-state index contributed by atoms with van der Waals surface area (Å²) >= 11 is 1.57. The predicted octanol–water partition coefficient (Wildman–Crippen LogP) is 2.09. The van der Waals surface area contributed by atoms with Crippen molar-refractivity contribution in [2.45, 2.75) is 43.4 Å². The number of nitrogens with one attached hydrogen (secondary N) is 1. The van der Waals surface area contributed by atoms with Crippen molar-refractivity contribution in [3.8, 4) is 5.75 Å². The zero-order valence-corrected chi connectivity index (χ0v) is 15.5. The smallest absolute Gasteiger partial charge is 0.257 e. The van der Waals surface area contributed by atoms with Crippen molar-refractivity contribution >= 4 is 17.7 Å².